The average molecular weight is 238 g/mol. The molecule has 0 aliphatic carbocycles. The van der Waals surface area contributed by atoms with Crippen LogP contribution in [0.25, 0.3) is 0 Å². The van der Waals surface area contributed by atoms with E-state index in [2.05, 4.69) is 52.5 Å². The lowest BCUT2D eigenvalue weighted by molar-refractivity contribution is 0.302. The molecule has 1 nitrogen and oxygen atoms in total. The van der Waals surface area contributed by atoms with Gasteiger partial charge in [-0.25, -0.2) is 0 Å². The van der Waals surface area contributed by atoms with Crippen molar-refractivity contribution < 1.29 is 4.74 Å². The Hall–Kier alpha value is -0.630. The molecule has 16 heavy (non-hydrogen) atoms. The van der Waals surface area contributed by atoms with E-state index in [0.717, 1.165) is 30.1 Å². The summed E-state index contributed by atoms with van der Waals surface area (Å²) in [6.45, 7) is 9.54. The van der Waals surface area contributed by atoms with Gasteiger partial charge in [0.05, 0.1) is 6.61 Å². The van der Waals surface area contributed by atoms with Crippen LogP contribution in [0.1, 0.15) is 46.1 Å². The summed E-state index contributed by atoms with van der Waals surface area (Å²) < 4.78 is 5.67. The lowest BCUT2D eigenvalue weighted by Crippen LogP contribution is -2.11. The zero-order valence-electron chi connectivity index (χ0n) is 10.7. The largest absolute Gasteiger partial charge is 0.492 e. The van der Waals surface area contributed by atoms with E-state index >= 15 is 0 Å². The summed E-state index contributed by atoms with van der Waals surface area (Å²) in [7, 11) is 0. The molecule has 0 aliphatic rings. The van der Waals surface area contributed by atoms with Crippen molar-refractivity contribution in [1.82, 2.24) is 0 Å². The third-order valence-electron chi connectivity index (χ3n) is 2.58. The molecule has 0 bridgehead atoms. The molecule has 0 N–H and O–H groups in total. The van der Waals surface area contributed by atoms with E-state index in [0.29, 0.717) is 0 Å². The van der Waals surface area contributed by atoms with Crippen molar-refractivity contribution in [3.63, 3.8) is 0 Å². The fourth-order valence-electron chi connectivity index (χ4n) is 1.43. The number of thiol groups is 1. The fraction of sp³-hybridized carbons (Fsp3) is 0.571. The van der Waals surface area contributed by atoms with Crippen molar-refractivity contribution in [3.05, 3.63) is 23.8 Å². The van der Waals surface area contributed by atoms with Crippen LogP contribution >= 0.6 is 12.6 Å². The van der Waals surface area contributed by atoms with Crippen LogP contribution in [-0.4, -0.2) is 6.61 Å². The number of rotatable bonds is 4. The van der Waals surface area contributed by atoms with E-state index in [9.17, 15) is 0 Å². The zero-order chi connectivity index (χ0) is 12.2. The molecule has 0 radical (unpaired) electrons. The number of benzene rings is 1. The van der Waals surface area contributed by atoms with Gasteiger partial charge in [-0.05, 0) is 29.5 Å². The Morgan fingerprint density at radius 2 is 1.94 bits per heavy atom. The quantitative estimate of drug-likeness (QED) is 0.602. The molecule has 0 fully saturated rings. The van der Waals surface area contributed by atoms with Gasteiger partial charge in [-0.3, -0.25) is 0 Å². The normalized spacial score (nSPS) is 11.6. The molecule has 1 rings (SSSR count). The summed E-state index contributed by atoms with van der Waals surface area (Å²) in [5, 5.41) is 0. The molecule has 0 saturated heterocycles. The Bertz CT molecular complexity index is 339. The van der Waals surface area contributed by atoms with Crippen molar-refractivity contribution in [2.45, 2.75) is 50.8 Å². The average Bonchev–Trinajstić information content (AvgIpc) is 2.19. The second-order valence-electron chi connectivity index (χ2n) is 5.13. The van der Waals surface area contributed by atoms with Crippen LogP contribution in [0.2, 0.25) is 0 Å². The molecule has 1 aromatic rings. The van der Waals surface area contributed by atoms with Crippen molar-refractivity contribution in [2.75, 3.05) is 6.61 Å². The van der Waals surface area contributed by atoms with E-state index in [1.165, 1.54) is 5.56 Å². The lowest BCUT2D eigenvalue weighted by Gasteiger charge is -2.20. The molecule has 1 aromatic carbocycles. The molecule has 0 unspecified atom stereocenters. The van der Waals surface area contributed by atoms with E-state index in [4.69, 9.17) is 4.74 Å². The molecule has 0 atom stereocenters. The maximum Gasteiger partial charge on any atom is 0.132 e. The molecule has 0 spiro atoms. The predicted octanol–water partition coefficient (Wildman–Crippen LogP) is 4.45. The van der Waals surface area contributed by atoms with Crippen LogP contribution in [0, 0.1) is 0 Å². The molecule has 0 amide bonds. The highest BCUT2D eigenvalue weighted by Crippen LogP contribution is 2.30. The van der Waals surface area contributed by atoms with Gasteiger partial charge in [0.25, 0.3) is 0 Å². The fourth-order valence-corrected chi connectivity index (χ4v) is 1.71. The SMILES string of the molecule is CCCCOc1ccc(C(C)(C)C)cc1S. The first-order valence-corrected chi connectivity index (χ1v) is 6.36. The summed E-state index contributed by atoms with van der Waals surface area (Å²) in [4.78, 5) is 0.934. The third-order valence-corrected chi connectivity index (χ3v) is 2.93. The van der Waals surface area contributed by atoms with E-state index < -0.39 is 0 Å². The second-order valence-corrected chi connectivity index (χ2v) is 5.62. The Morgan fingerprint density at radius 3 is 2.44 bits per heavy atom. The maximum absolute atomic E-state index is 5.67. The number of unbranched alkanes of at least 4 members (excludes halogenated alkanes) is 1. The maximum atomic E-state index is 5.67. The van der Waals surface area contributed by atoms with Gasteiger partial charge in [0.15, 0.2) is 0 Å². The Balaban J connectivity index is 2.76. The standard InChI is InChI=1S/C14H22OS/c1-5-6-9-15-12-8-7-11(10-13(12)16)14(2,3)4/h7-8,10,16H,5-6,9H2,1-4H3. The van der Waals surface area contributed by atoms with Crippen molar-refractivity contribution in [1.29, 1.82) is 0 Å². The van der Waals surface area contributed by atoms with E-state index in [1.807, 2.05) is 6.07 Å². The van der Waals surface area contributed by atoms with E-state index in [1.54, 1.807) is 0 Å². The molecule has 0 aromatic heterocycles. The smallest absolute Gasteiger partial charge is 0.132 e. The molecular weight excluding hydrogens is 216 g/mol. The molecule has 90 valence electrons. The van der Waals surface area contributed by atoms with Gasteiger partial charge in [-0.1, -0.05) is 40.2 Å². The minimum absolute atomic E-state index is 0.166. The molecule has 2 heteroatoms. The van der Waals surface area contributed by atoms with Gasteiger partial charge in [-0.2, -0.15) is 0 Å². The Labute approximate surface area is 105 Å². The summed E-state index contributed by atoms with van der Waals surface area (Å²) in [6.07, 6.45) is 2.25. The van der Waals surface area contributed by atoms with Crippen LogP contribution in [-0.2, 0) is 5.41 Å². The zero-order valence-corrected chi connectivity index (χ0v) is 11.6. The number of ether oxygens (including phenoxy) is 1. The van der Waals surface area contributed by atoms with Gasteiger partial charge in [-0.15, -0.1) is 12.6 Å². The summed E-state index contributed by atoms with van der Waals surface area (Å²) in [5.41, 5.74) is 1.46. The highest BCUT2D eigenvalue weighted by molar-refractivity contribution is 7.80. The molecule has 0 aliphatic heterocycles. The van der Waals surface area contributed by atoms with Crippen LogP contribution in [0.4, 0.5) is 0 Å². The highest BCUT2D eigenvalue weighted by Gasteiger charge is 2.14. The monoisotopic (exact) mass is 238 g/mol. The topological polar surface area (TPSA) is 9.23 Å². The third kappa shape index (κ3) is 3.75. The van der Waals surface area contributed by atoms with Crippen LogP contribution in [0.15, 0.2) is 23.1 Å². The summed E-state index contributed by atoms with van der Waals surface area (Å²) >= 11 is 4.48. The van der Waals surface area contributed by atoms with Gasteiger partial charge < -0.3 is 4.74 Å². The van der Waals surface area contributed by atoms with Crippen molar-refractivity contribution >= 4 is 12.6 Å². The minimum atomic E-state index is 0.166. The second kappa shape index (κ2) is 5.62. The molecular formula is C14H22OS. The van der Waals surface area contributed by atoms with Gasteiger partial charge in [0.2, 0.25) is 0 Å². The molecule has 0 saturated carbocycles. The van der Waals surface area contributed by atoms with E-state index in [-0.39, 0.29) is 5.41 Å². The van der Waals surface area contributed by atoms with Crippen molar-refractivity contribution in [2.24, 2.45) is 0 Å². The summed E-state index contributed by atoms with van der Waals surface area (Å²) in [6, 6.07) is 6.25. The highest BCUT2D eigenvalue weighted by atomic mass is 32.1. The summed E-state index contributed by atoms with van der Waals surface area (Å²) in [5.74, 6) is 0.893. The van der Waals surface area contributed by atoms with Gasteiger partial charge >= 0.3 is 0 Å². The lowest BCUT2D eigenvalue weighted by atomic mass is 9.87. The Morgan fingerprint density at radius 1 is 1.25 bits per heavy atom. The minimum Gasteiger partial charge on any atom is -0.492 e. The van der Waals surface area contributed by atoms with Gasteiger partial charge in [0.1, 0.15) is 5.75 Å². The van der Waals surface area contributed by atoms with Gasteiger partial charge in [0, 0.05) is 4.90 Å². The number of hydrogen-bond acceptors (Lipinski definition) is 2. The first kappa shape index (κ1) is 13.4. The first-order chi connectivity index (χ1) is 7.45. The van der Waals surface area contributed by atoms with Crippen LogP contribution in [0.5, 0.6) is 5.75 Å². The molecule has 0 heterocycles. The predicted molar refractivity (Wildman–Crippen MR) is 72.8 cm³/mol. The van der Waals surface area contributed by atoms with Crippen LogP contribution in [0.3, 0.4) is 0 Å². The number of hydrogen-bond donors (Lipinski definition) is 1. The first-order valence-electron chi connectivity index (χ1n) is 5.91. The Kier molecular flexibility index (Phi) is 4.72. The van der Waals surface area contributed by atoms with Crippen molar-refractivity contribution in [3.8, 4) is 5.75 Å². The van der Waals surface area contributed by atoms with Crippen LogP contribution < -0.4 is 4.74 Å².